The summed E-state index contributed by atoms with van der Waals surface area (Å²) in [6.45, 7) is 4.42. The molecule has 0 saturated carbocycles. The van der Waals surface area contributed by atoms with Gasteiger partial charge < -0.3 is 9.47 Å². The molecule has 4 nitrogen and oxygen atoms in total. The highest BCUT2D eigenvalue weighted by Crippen LogP contribution is 2.03. The number of rotatable bonds is 6. The Bertz CT molecular complexity index is 161. The lowest BCUT2D eigenvalue weighted by molar-refractivity contribution is 0.0502. The Hall–Kier alpha value is -0.770. The van der Waals surface area contributed by atoms with Gasteiger partial charge in [0, 0.05) is 6.61 Å². The summed E-state index contributed by atoms with van der Waals surface area (Å²) in [6, 6.07) is 0. The van der Waals surface area contributed by atoms with E-state index >= 15 is 0 Å². The SMILES string of the molecule is CCCCCOCN1CCOC1=O. The minimum atomic E-state index is -0.254. The number of cyclic esters (lactones) is 1. The van der Waals surface area contributed by atoms with Crippen LogP contribution in [0.2, 0.25) is 0 Å². The van der Waals surface area contributed by atoms with Crippen LogP contribution in [0, 0.1) is 0 Å². The molecule has 0 aliphatic carbocycles. The number of ether oxygens (including phenoxy) is 2. The van der Waals surface area contributed by atoms with Crippen molar-refractivity contribution in [2.75, 3.05) is 26.5 Å². The fourth-order valence-electron chi connectivity index (χ4n) is 1.17. The van der Waals surface area contributed by atoms with Gasteiger partial charge in [0.25, 0.3) is 0 Å². The van der Waals surface area contributed by atoms with Crippen LogP contribution < -0.4 is 0 Å². The second-order valence-corrected chi connectivity index (χ2v) is 3.12. The number of carbonyl (C=O) groups excluding carboxylic acids is 1. The number of hydrogen-bond acceptors (Lipinski definition) is 3. The zero-order valence-corrected chi connectivity index (χ0v) is 8.12. The van der Waals surface area contributed by atoms with Gasteiger partial charge in [-0.25, -0.2) is 4.79 Å². The lowest BCUT2D eigenvalue weighted by atomic mass is 10.3. The average molecular weight is 187 g/mol. The molecule has 0 aromatic heterocycles. The van der Waals surface area contributed by atoms with Crippen molar-refractivity contribution < 1.29 is 14.3 Å². The van der Waals surface area contributed by atoms with Crippen LogP contribution in [0.5, 0.6) is 0 Å². The number of carbonyl (C=O) groups is 1. The van der Waals surface area contributed by atoms with Crippen LogP contribution in [0.4, 0.5) is 4.79 Å². The molecule has 0 spiro atoms. The standard InChI is InChI=1S/C9H17NO3/c1-2-3-4-6-12-8-10-5-7-13-9(10)11/h2-8H2,1H3. The van der Waals surface area contributed by atoms with E-state index in [1.807, 2.05) is 0 Å². The van der Waals surface area contributed by atoms with Crippen molar-refractivity contribution in [3.05, 3.63) is 0 Å². The molecular weight excluding hydrogens is 170 g/mol. The van der Waals surface area contributed by atoms with Crippen molar-refractivity contribution in [2.45, 2.75) is 26.2 Å². The van der Waals surface area contributed by atoms with Crippen LogP contribution in [0.15, 0.2) is 0 Å². The maximum absolute atomic E-state index is 10.9. The maximum Gasteiger partial charge on any atom is 0.411 e. The first kappa shape index (κ1) is 10.3. The molecule has 0 bridgehead atoms. The monoisotopic (exact) mass is 187 g/mol. The highest BCUT2D eigenvalue weighted by atomic mass is 16.6. The van der Waals surface area contributed by atoms with Gasteiger partial charge >= 0.3 is 6.09 Å². The van der Waals surface area contributed by atoms with Gasteiger partial charge in [-0.2, -0.15) is 0 Å². The largest absolute Gasteiger partial charge is 0.447 e. The molecule has 4 heteroatoms. The zero-order valence-electron chi connectivity index (χ0n) is 8.12. The summed E-state index contributed by atoms with van der Waals surface area (Å²) in [4.78, 5) is 12.5. The predicted octanol–water partition coefficient (Wildman–Crippen LogP) is 1.60. The Kier molecular flexibility index (Phi) is 4.60. The molecule has 0 radical (unpaired) electrons. The minimum absolute atomic E-state index is 0.254. The third-order valence-corrected chi connectivity index (χ3v) is 1.98. The van der Waals surface area contributed by atoms with Crippen molar-refractivity contribution in [1.82, 2.24) is 4.90 Å². The molecule has 1 fully saturated rings. The third-order valence-electron chi connectivity index (χ3n) is 1.98. The summed E-state index contributed by atoms with van der Waals surface area (Å²) in [5, 5.41) is 0. The molecule has 0 N–H and O–H groups in total. The van der Waals surface area contributed by atoms with Gasteiger partial charge in [-0.05, 0) is 6.42 Å². The van der Waals surface area contributed by atoms with Crippen molar-refractivity contribution in [2.24, 2.45) is 0 Å². The maximum atomic E-state index is 10.9. The summed E-state index contributed by atoms with van der Waals surface area (Å²) >= 11 is 0. The van der Waals surface area contributed by atoms with Gasteiger partial charge in [0.1, 0.15) is 13.3 Å². The van der Waals surface area contributed by atoms with E-state index in [1.165, 1.54) is 12.8 Å². The summed E-state index contributed by atoms with van der Waals surface area (Å²) < 4.78 is 10.1. The van der Waals surface area contributed by atoms with E-state index in [0.717, 1.165) is 13.0 Å². The van der Waals surface area contributed by atoms with Crippen molar-refractivity contribution in [3.8, 4) is 0 Å². The normalized spacial score (nSPS) is 16.4. The highest BCUT2D eigenvalue weighted by Gasteiger charge is 2.21. The molecule has 0 atom stereocenters. The van der Waals surface area contributed by atoms with E-state index in [-0.39, 0.29) is 6.09 Å². The summed E-state index contributed by atoms with van der Waals surface area (Å²) in [5.74, 6) is 0. The Balaban J connectivity index is 1.96. The first-order valence-electron chi connectivity index (χ1n) is 4.84. The average Bonchev–Trinajstić information content (AvgIpc) is 2.52. The lowest BCUT2D eigenvalue weighted by Crippen LogP contribution is -2.27. The topological polar surface area (TPSA) is 38.8 Å². The Morgan fingerprint density at radius 2 is 2.38 bits per heavy atom. The van der Waals surface area contributed by atoms with Gasteiger partial charge in [0.2, 0.25) is 0 Å². The Morgan fingerprint density at radius 3 is 3.00 bits per heavy atom. The molecule has 1 aliphatic heterocycles. The second kappa shape index (κ2) is 5.80. The van der Waals surface area contributed by atoms with Gasteiger partial charge in [0.05, 0.1) is 6.54 Å². The summed E-state index contributed by atoms with van der Waals surface area (Å²) in [5.41, 5.74) is 0. The van der Waals surface area contributed by atoms with E-state index in [1.54, 1.807) is 4.90 Å². The summed E-state index contributed by atoms with van der Waals surface area (Å²) in [7, 11) is 0. The molecule has 1 amide bonds. The second-order valence-electron chi connectivity index (χ2n) is 3.12. The van der Waals surface area contributed by atoms with Gasteiger partial charge in [-0.3, -0.25) is 4.90 Å². The molecule has 1 saturated heterocycles. The van der Waals surface area contributed by atoms with Crippen LogP contribution in [-0.2, 0) is 9.47 Å². The predicted molar refractivity (Wildman–Crippen MR) is 48.4 cm³/mol. The first-order chi connectivity index (χ1) is 6.34. The fraction of sp³-hybridized carbons (Fsp3) is 0.889. The van der Waals surface area contributed by atoms with Crippen LogP contribution in [0.25, 0.3) is 0 Å². The number of amides is 1. The Morgan fingerprint density at radius 1 is 1.54 bits per heavy atom. The molecular formula is C9H17NO3. The molecule has 13 heavy (non-hydrogen) atoms. The smallest absolute Gasteiger partial charge is 0.411 e. The van der Waals surface area contributed by atoms with E-state index in [2.05, 4.69) is 6.92 Å². The minimum Gasteiger partial charge on any atom is -0.447 e. The number of unbranched alkanes of at least 4 members (excludes halogenated alkanes) is 2. The Labute approximate surface area is 78.8 Å². The van der Waals surface area contributed by atoms with E-state index in [0.29, 0.717) is 19.9 Å². The van der Waals surface area contributed by atoms with Crippen LogP contribution in [0.1, 0.15) is 26.2 Å². The lowest BCUT2D eigenvalue weighted by Gasteiger charge is -2.12. The molecule has 0 aromatic rings. The van der Waals surface area contributed by atoms with Gasteiger partial charge in [-0.15, -0.1) is 0 Å². The van der Waals surface area contributed by atoms with Crippen LogP contribution in [-0.4, -0.2) is 37.5 Å². The number of nitrogens with zero attached hydrogens (tertiary/aromatic N) is 1. The van der Waals surface area contributed by atoms with Crippen molar-refractivity contribution in [3.63, 3.8) is 0 Å². The third kappa shape index (κ3) is 3.63. The summed E-state index contributed by atoms with van der Waals surface area (Å²) in [6.07, 6.45) is 3.19. The first-order valence-corrected chi connectivity index (χ1v) is 4.84. The molecule has 1 rings (SSSR count). The van der Waals surface area contributed by atoms with Crippen LogP contribution in [0.3, 0.4) is 0 Å². The quantitative estimate of drug-likeness (QED) is 0.593. The van der Waals surface area contributed by atoms with Crippen molar-refractivity contribution >= 4 is 6.09 Å². The highest BCUT2D eigenvalue weighted by molar-refractivity contribution is 5.69. The zero-order chi connectivity index (χ0) is 9.52. The van der Waals surface area contributed by atoms with Crippen LogP contribution >= 0.6 is 0 Å². The molecule has 1 heterocycles. The van der Waals surface area contributed by atoms with E-state index < -0.39 is 0 Å². The fourth-order valence-corrected chi connectivity index (χ4v) is 1.17. The van der Waals surface area contributed by atoms with E-state index in [4.69, 9.17) is 9.47 Å². The molecule has 76 valence electrons. The number of hydrogen-bond donors (Lipinski definition) is 0. The van der Waals surface area contributed by atoms with Gasteiger partial charge in [0.15, 0.2) is 0 Å². The molecule has 0 unspecified atom stereocenters. The van der Waals surface area contributed by atoms with Gasteiger partial charge in [-0.1, -0.05) is 19.8 Å². The molecule has 1 aliphatic rings. The van der Waals surface area contributed by atoms with E-state index in [9.17, 15) is 4.79 Å². The molecule has 0 aromatic carbocycles. The van der Waals surface area contributed by atoms with Crippen molar-refractivity contribution in [1.29, 1.82) is 0 Å².